The number of benzene rings is 2. The van der Waals surface area contributed by atoms with E-state index in [1.54, 1.807) is 44.6 Å². The number of carbonyl (C=O) groups excluding carboxylic acids is 1. The molecule has 2 aromatic carbocycles. The number of anilines is 1. The largest absolute Gasteiger partial charge is 0.497 e. The molecule has 108 valence electrons. The molecule has 2 rings (SSSR count). The van der Waals surface area contributed by atoms with Crippen molar-refractivity contribution in [1.82, 2.24) is 5.01 Å². The van der Waals surface area contributed by atoms with Crippen LogP contribution in [0, 0.1) is 0 Å². The van der Waals surface area contributed by atoms with E-state index in [1.165, 1.54) is 5.01 Å². The Morgan fingerprint density at radius 3 is 2.43 bits per heavy atom. The van der Waals surface area contributed by atoms with E-state index in [0.29, 0.717) is 5.69 Å². The van der Waals surface area contributed by atoms with Gasteiger partial charge in [-0.1, -0.05) is 30.3 Å². The number of methoxy groups -OCH3 is 1. The smallest absolute Gasteiger partial charge is 0.341 e. The maximum Gasteiger partial charge on any atom is 0.341 e. The zero-order valence-corrected chi connectivity index (χ0v) is 12.0. The van der Waals surface area contributed by atoms with E-state index in [-0.39, 0.29) is 6.03 Å². The van der Waals surface area contributed by atoms with Crippen LogP contribution in [0.4, 0.5) is 10.5 Å². The van der Waals surface area contributed by atoms with Crippen LogP contribution in [0.3, 0.4) is 0 Å². The molecular formula is C16H17N3O2. The fourth-order valence-electron chi connectivity index (χ4n) is 1.62. The molecule has 0 atom stereocenters. The standard InChI is InChI=1S/C16H17N3O2/c1-19(17-12-13-6-4-3-5-7-13)16(20)18-14-8-10-15(21-2)11-9-14/h3-12H,1-2H3,(H,18,20)/b17-12+. The average Bonchev–Trinajstić information content (AvgIpc) is 2.54. The van der Waals surface area contributed by atoms with Crippen molar-refractivity contribution in [3.63, 3.8) is 0 Å². The van der Waals surface area contributed by atoms with Crippen LogP contribution in [0.25, 0.3) is 0 Å². The zero-order chi connectivity index (χ0) is 15.1. The van der Waals surface area contributed by atoms with Gasteiger partial charge >= 0.3 is 6.03 Å². The van der Waals surface area contributed by atoms with E-state index >= 15 is 0 Å². The lowest BCUT2D eigenvalue weighted by Gasteiger charge is -2.12. The van der Waals surface area contributed by atoms with Gasteiger partial charge in [-0.25, -0.2) is 9.80 Å². The van der Waals surface area contributed by atoms with Gasteiger partial charge in [0, 0.05) is 12.7 Å². The number of rotatable bonds is 4. The van der Waals surface area contributed by atoms with Crippen LogP contribution >= 0.6 is 0 Å². The molecule has 2 amide bonds. The summed E-state index contributed by atoms with van der Waals surface area (Å²) in [5.74, 6) is 0.739. The van der Waals surface area contributed by atoms with Crippen LogP contribution in [-0.4, -0.2) is 31.4 Å². The molecule has 0 aliphatic rings. The number of hydrazone groups is 1. The Balaban J connectivity index is 1.94. The van der Waals surface area contributed by atoms with Gasteiger partial charge in [-0.3, -0.25) is 0 Å². The van der Waals surface area contributed by atoms with Crippen molar-refractivity contribution in [2.45, 2.75) is 0 Å². The topological polar surface area (TPSA) is 53.9 Å². The maximum absolute atomic E-state index is 12.0. The summed E-state index contributed by atoms with van der Waals surface area (Å²) >= 11 is 0. The van der Waals surface area contributed by atoms with Crippen molar-refractivity contribution in [2.75, 3.05) is 19.5 Å². The van der Waals surface area contributed by atoms with Crippen molar-refractivity contribution >= 4 is 17.9 Å². The van der Waals surface area contributed by atoms with Crippen molar-refractivity contribution in [3.8, 4) is 5.75 Å². The molecule has 1 N–H and O–H groups in total. The van der Waals surface area contributed by atoms with E-state index in [1.807, 2.05) is 30.3 Å². The zero-order valence-electron chi connectivity index (χ0n) is 12.0. The summed E-state index contributed by atoms with van der Waals surface area (Å²) in [6.45, 7) is 0. The number of nitrogens with one attached hydrogen (secondary N) is 1. The molecule has 0 aromatic heterocycles. The van der Waals surface area contributed by atoms with Crippen molar-refractivity contribution in [3.05, 3.63) is 60.2 Å². The van der Waals surface area contributed by atoms with Crippen LogP contribution in [0.15, 0.2) is 59.7 Å². The number of urea groups is 1. The van der Waals surface area contributed by atoms with Crippen LogP contribution in [0.2, 0.25) is 0 Å². The second kappa shape index (κ2) is 7.09. The third-order valence-electron chi connectivity index (χ3n) is 2.81. The molecule has 5 heteroatoms. The van der Waals surface area contributed by atoms with Crippen LogP contribution < -0.4 is 10.1 Å². The average molecular weight is 283 g/mol. The highest BCUT2D eigenvalue weighted by molar-refractivity contribution is 5.90. The third kappa shape index (κ3) is 4.35. The van der Waals surface area contributed by atoms with Gasteiger partial charge < -0.3 is 10.1 Å². The fourth-order valence-corrected chi connectivity index (χ4v) is 1.62. The highest BCUT2D eigenvalue weighted by atomic mass is 16.5. The Kier molecular flexibility index (Phi) is 4.93. The Labute approximate surface area is 123 Å². The van der Waals surface area contributed by atoms with Gasteiger partial charge in [0.1, 0.15) is 5.75 Å². The first-order valence-electron chi connectivity index (χ1n) is 6.47. The molecule has 5 nitrogen and oxygen atoms in total. The molecule has 0 radical (unpaired) electrons. The summed E-state index contributed by atoms with van der Waals surface area (Å²) in [6.07, 6.45) is 1.63. The lowest BCUT2D eigenvalue weighted by molar-refractivity contribution is 0.224. The molecule has 0 heterocycles. The van der Waals surface area contributed by atoms with Gasteiger partial charge in [0.25, 0.3) is 0 Å². The highest BCUT2D eigenvalue weighted by Crippen LogP contribution is 2.15. The minimum atomic E-state index is -0.313. The summed E-state index contributed by atoms with van der Waals surface area (Å²) in [5.41, 5.74) is 1.61. The minimum absolute atomic E-state index is 0.313. The maximum atomic E-state index is 12.0. The van der Waals surface area contributed by atoms with E-state index in [9.17, 15) is 4.79 Å². The predicted octanol–water partition coefficient (Wildman–Crippen LogP) is 3.19. The van der Waals surface area contributed by atoms with Crippen LogP contribution in [0.1, 0.15) is 5.56 Å². The number of hydrogen-bond acceptors (Lipinski definition) is 3. The first kappa shape index (κ1) is 14.6. The number of nitrogens with zero attached hydrogens (tertiary/aromatic N) is 2. The molecule has 0 bridgehead atoms. The lowest BCUT2D eigenvalue weighted by Crippen LogP contribution is -2.26. The van der Waals surface area contributed by atoms with Crippen molar-refractivity contribution in [1.29, 1.82) is 0 Å². The molecule has 21 heavy (non-hydrogen) atoms. The quantitative estimate of drug-likeness (QED) is 0.692. The molecule has 0 spiro atoms. The summed E-state index contributed by atoms with van der Waals surface area (Å²) in [7, 11) is 3.19. The number of ether oxygens (including phenoxy) is 1. The second-order valence-corrected chi connectivity index (χ2v) is 4.34. The first-order chi connectivity index (χ1) is 10.2. The molecule has 2 aromatic rings. The second-order valence-electron chi connectivity index (χ2n) is 4.34. The molecule has 0 saturated carbocycles. The molecule has 0 fully saturated rings. The third-order valence-corrected chi connectivity index (χ3v) is 2.81. The molecule has 0 unspecified atom stereocenters. The van der Waals surface area contributed by atoms with E-state index < -0.39 is 0 Å². The number of hydrogen-bond donors (Lipinski definition) is 1. The summed E-state index contributed by atoms with van der Waals surface area (Å²) in [6, 6.07) is 16.4. The fraction of sp³-hybridized carbons (Fsp3) is 0.125. The summed E-state index contributed by atoms with van der Waals surface area (Å²) in [4.78, 5) is 12.0. The first-order valence-corrected chi connectivity index (χ1v) is 6.47. The van der Waals surface area contributed by atoms with Crippen LogP contribution in [-0.2, 0) is 0 Å². The SMILES string of the molecule is COc1ccc(NC(=O)N(C)/N=C/c2ccccc2)cc1. The Morgan fingerprint density at radius 1 is 1.14 bits per heavy atom. The van der Waals surface area contributed by atoms with Gasteiger partial charge in [0.05, 0.1) is 13.3 Å². The Hall–Kier alpha value is -2.82. The van der Waals surface area contributed by atoms with Crippen molar-refractivity contribution < 1.29 is 9.53 Å². The van der Waals surface area contributed by atoms with Gasteiger partial charge in [-0.15, -0.1) is 0 Å². The van der Waals surface area contributed by atoms with Crippen molar-refractivity contribution in [2.24, 2.45) is 5.10 Å². The molecule has 0 aliphatic carbocycles. The lowest BCUT2D eigenvalue weighted by atomic mass is 10.2. The molecule has 0 aliphatic heterocycles. The van der Waals surface area contributed by atoms with Crippen LogP contribution in [0.5, 0.6) is 5.75 Å². The van der Waals surface area contributed by atoms with Gasteiger partial charge in [0.15, 0.2) is 0 Å². The summed E-state index contributed by atoms with van der Waals surface area (Å²) < 4.78 is 5.06. The number of amides is 2. The molecule has 0 saturated heterocycles. The van der Waals surface area contributed by atoms with Gasteiger partial charge in [-0.05, 0) is 29.8 Å². The minimum Gasteiger partial charge on any atom is -0.497 e. The number of carbonyl (C=O) groups is 1. The normalized spacial score (nSPS) is 10.4. The van der Waals surface area contributed by atoms with Gasteiger partial charge in [0.2, 0.25) is 0 Å². The van der Waals surface area contributed by atoms with E-state index in [4.69, 9.17) is 4.74 Å². The highest BCUT2D eigenvalue weighted by Gasteiger charge is 2.06. The predicted molar refractivity (Wildman–Crippen MR) is 83.8 cm³/mol. The van der Waals surface area contributed by atoms with E-state index in [0.717, 1.165) is 11.3 Å². The van der Waals surface area contributed by atoms with E-state index in [2.05, 4.69) is 10.4 Å². The monoisotopic (exact) mass is 283 g/mol. The Bertz CT molecular complexity index is 609. The molecular weight excluding hydrogens is 266 g/mol. The van der Waals surface area contributed by atoms with Gasteiger partial charge in [-0.2, -0.15) is 5.10 Å². The summed E-state index contributed by atoms with van der Waals surface area (Å²) in [5, 5.41) is 8.09. The Morgan fingerprint density at radius 2 is 1.81 bits per heavy atom.